The Bertz CT molecular complexity index is 606. The molecule has 0 aliphatic carbocycles. The Balaban J connectivity index is 2.28. The highest BCUT2D eigenvalue weighted by molar-refractivity contribution is 5.98. The van der Waals surface area contributed by atoms with E-state index in [2.05, 4.69) is 20.8 Å². The van der Waals surface area contributed by atoms with Crippen molar-refractivity contribution in [3.63, 3.8) is 0 Å². The van der Waals surface area contributed by atoms with Crippen molar-refractivity contribution in [2.45, 2.75) is 26.3 Å². The number of likely N-dealkylation sites (N-methyl/N-ethyl adjacent to an activating group) is 1. The predicted octanol–water partition coefficient (Wildman–Crippen LogP) is 1.98. The zero-order chi connectivity index (χ0) is 14.8. The molecule has 2 aromatic rings. The van der Waals surface area contributed by atoms with Crippen LogP contribution >= 0.6 is 0 Å². The molecule has 0 bridgehead atoms. The van der Waals surface area contributed by atoms with Gasteiger partial charge in [-0.3, -0.25) is 4.79 Å². The first-order valence-electron chi connectivity index (χ1n) is 6.31. The zero-order valence-electron chi connectivity index (χ0n) is 12.0. The smallest absolute Gasteiger partial charge is 0.247 e. The van der Waals surface area contributed by atoms with Crippen LogP contribution in [-0.2, 0) is 4.79 Å². The molecule has 0 saturated carbocycles. The Labute approximate surface area is 117 Å². The zero-order valence-corrected chi connectivity index (χ0v) is 12.0. The molecule has 0 radical (unpaired) electrons. The predicted molar refractivity (Wildman–Crippen MR) is 76.2 cm³/mol. The maximum Gasteiger partial charge on any atom is 0.247 e. The fourth-order valence-electron chi connectivity index (χ4n) is 1.58. The summed E-state index contributed by atoms with van der Waals surface area (Å²) in [4.78, 5) is 12.2. The lowest BCUT2D eigenvalue weighted by atomic mass is 10.0. The Kier molecular flexibility index (Phi) is 3.85. The van der Waals surface area contributed by atoms with Gasteiger partial charge < -0.3 is 15.1 Å². The molecule has 6 heteroatoms. The SMILES string of the molecule is CNC(C)(C)C(=O)Nc1cc(-c2nnco2)ccc1C. The third kappa shape index (κ3) is 2.85. The van der Waals surface area contributed by atoms with Gasteiger partial charge in [0.1, 0.15) is 0 Å². The quantitative estimate of drug-likeness (QED) is 0.891. The summed E-state index contributed by atoms with van der Waals surface area (Å²) >= 11 is 0. The van der Waals surface area contributed by atoms with Gasteiger partial charge in [0.15, 0.2) is 0 Å². The first-order chi connectivity index (χ1) is 9.44. The van der Waals surface area contributed by atoms with Crippen molar-refractivity contribution in [3.8, 4) is 11.5 Å². The van der Waals surface area contributed by atoms with Gasteiger partial charge in [0.25, 0.3) is 0 Å². The van der Waals surface area contributed by atoms with E-state index in [1.807, 2.05) is 39.0 Å². The van der Waals surface area contributed by atoms with Gasteiger partial charge in [-0.05, 0) is 45.5 Å². The minimum absolute atomic E-state index is 0.106. The number of rotatable bonds is 4. The Morgan fingerprint density at radius 2 is 2.10 bits per heavy atom. The third-order valence-corrected chi connectivity index (χ3v) is 3.29. The standard InChI is InChI=1S/C14H18N4O2/c1-9-5-6-10(12-18-16-8-20-12)7-11(9)17-13(19)14(2,3)15-4/h5-8,15H,1-4H3,(H,17,19). The van der Waals surface area contributed by atoms with E-state index in [4.69, 9.17) is 4.42 Å². The van der Waals surface area contributed by atoms with Crippen LogP contribution in [0.5, 0.6) is 0 Å². The number of nitrogens with zero attached hydrogens (tertiary/aromatic N) is 2. The summed E-state index contributed by atoms with van der Waals surface area (Å²) in [7, 11) is 1.75. The summed E-state index contributed by atoms with van der Waals surface area (Å²) < 4.78 is 5.16. The van der Waals surface area contributed by atoms with Crippen molar-refractivity contribution in [2.75, 3.05) is 12.4 Å². The van der Waals surface area contributed by atoms with E-state index in [-0.39, 0.29) is 5.91 Å². The third-order valence-electron chi connectivity index (χ3n) is 3.29. The minimum atomic E-state index is -0.646. The van der Waals surface area contributed by atoms with E-state index in [9.17, 15) is 4.79 Å². The number of nitrogens with one attached hydrogen (secondary N) is 2. The number of aromatic nitrogens is 2. The van der Waals surface area contributed by atoms with E-state index in [1.165, 1.54) is 6.39 Å². The molecule has 1 aromatic carbocycles. The molecule has 1 heterocycles. The number of anilines is 1. The monoisotopic (exact) mass is 274 g/mol. The second-order valence-electron chi connectivity index (χ2n) is 5.10. The van der Waals surface area contributed by atoms with Crippen LogP contribution < -0.4 is 10.6 Å². The lowest BCUT2D eigenvalue weighted by Crippen LogP contribution is -2.48. The number of aryl methyl sites for hydroxylation is 1. The molecule has 20 heavy (non-hydrogen) atoms. The molecule has 0 atom stereocenters. The van der Waals surface area contributed by atoms with E-state index in [0.29, 0.717) is 5.89 Å². The van der Waals surface area contributed by atoms with Crippen molar-refractivity contribution >= 4 is 11.6 Å². The van der Waals surface area contributed by atoms with E-state index in [1.54, 1.807) is 7.05 Å². The number of amides is 1. The highest BCUT2D eigenvalue weighted by Gasteiger charge is 2.25. The van der Waals surface area contributed by atoms with Gasteiger partial charge in [0.05, 0.1) is 5.54 Å². The molecule has 2 rings (SSSR count). The highest BCUT2D eigenvalue weighted by atomic mass is 16.4. The molecular weight excluding hydrogens is 256 g/mol. The number of carbonyl (C=O) groups excluding carboxylic acids is 1. The van der Waals surface area contributed by atoms with Gasteiger partial charge in [-0.25, -0.2) is 0 Å². The fourth-order valence-corrected chi connectivity index (χ4v) is 1.58. The Morgan fingerprint density at radius 3 is 2.70 bits per heavy atom. The van der Waals surface area contributed by atoms with Gasteiger partial charge in [-0.15, -0.1) is 10.2 Å². The van der Waals surface area contributed by atoms with Crippen molar-refractivity contribution < 1.29 is 9.21 Å². The maximum absolute atomic E-state index is 12.2. The van der Waals surface area contributed by atoms with Crippen LogP contribution in [0.25, 0.3) is 11.5 Å². The molecule has 0 unspecified atom stereocenters. The molecule has 1 aromatic heterocycles. The molecular formula is C14H18N4O2. The van der Waals surface area contributed by atoms with Crippen LogP contribution in [0.4, 0.5) is 5.69 Å². The lowest BCUT2D eigenvalue weighted by molar-refractivity contribution is -0.121. The van der Waals surface area contributed by atoms with Crippen LogP contribution in [-0.4, -0.2) is 28.7 Å². The van der Waals surface area contributed by atoms with E-state index >= 15 is 0 Å². The van der Waals surface area contributed by atoms with Gasteiger partial charge in [0, 0.05) is 11.3 Å². The van der Waals surface area contributed by atoms with Crippen LogP contribution in [0.2, 0.25) is 0 Å². The van der Waals surface area contributed by atoms with Crippen molar-refractivity contribution in [3.05, 3.63) is 30.2 Å². The number of carbonyl (C=O) groups is 1. The van der Waals surface area contributed by atoms with Gasteiger partial charge >= 0.3 is 0 Å². The molecule has 0 aliphatic heterocycles. The molecule has 0 fully saturated rings. The fraction of sp³-hybridized carbons (Fsp3) is 0.357. The van der Waals surface area contributed by atoms with Crippen LogP contribution in [0, 0.1) is 6.92 Å². The largest absolute Gasteiger partial charge is 0.423 e. The van der Waals surface area contributed by atoms with Crippen LogP contribution in [0.15, 0.2) is 29.0 Å². The second-order valence-corrected chi connectivity index (χ2v) is 5.10. The van der Waals surface area contributed by atoms with Crippen LogP contribution in [0.1, 0.15) is 19.4 Å². The Morgan fingerprint density at radius 1 is 1.35 bits per heavy atom. The van der Waals surface area contributed by atoms with Crippen LogP contribution in [0.3, 0.4) is 0 Å². The number of benzene rings is 1. The summed E-state index contributed by atoms with van der Waals surface area (Å²) in [6.07, 6.45) is 1.28. The maximum atomic E-state index is 12.2. The lowest BCUT2D eigenvalue weighted by Gasteiger charge is -2.23. The molecule has 0 spiro atoms. The van der Waals surface area contributed by atoms with Crippen molar-refractivity contribution in [2.24, 2.45) is 0 Å². The summed E-state index contributed by atoms with van der Waals surface area (Å²) in [5.74, 6) is 0.319. The molecule has 0 saturated heterocycles. The summed E-state index contributed by atoms with van der Waals surface area (Å²) in [6, 6.07) is 5.61. The highest BCUT2D eigenvalue weighted by Crippen LogP contribution is 2.24. The first-order valence-corrected chi connectivity index (χ1v) is 6.31. The summed E-state index contributed by atoms with van der Waals surface area (Å²) in [6.45, 7) is 5.57. The second kappa shape index (κ2) is 5.42. The van der Waals surface area contributed by atoms with Gasteiger partial charge in [-0.2, -0.15) is 0 Å². The average molecular weight is 274 g/mol. The number of hydrogen-bond acceptors (Lipinski definition) is 5. The van der Waals surface area contributed by atoms with Gasteiger partial charge in [-0.1, -0.05) is 6.07 Å². The summed E-state index contributed by atoms with van der Waals surface area (Å²) in [5, 5.41) is 13.4. The normalized spacial score (nSPS) is 11.4. The minimum Gasteiger partial charge on any atom is -0.423 e. The molecule has 2 N–H and O–H groups in total. The average Bonchev–Trinajstić information content (AvgIpc) is 2.95. The molecule has 0 aliphatic rings. The first kappa shape index (κ1) is 14.2. The van der Waals surface area contributed by atoms with Crippen molar-refractivity contribution in [1.82, 2.24) is 15.5 Å². The van der Waals surface area contributed by atoms with E-state index in [0.717, 1.165) is 16.8 Å². The molecule has 6 nitrogen and oxygen atoms in total. The summed E-state index contributed by atoms with van der Waals surface area (Å²) in [5.41, 5.74) is 1.82. The number of hydrogen-bond donors (Lipinski definition) is 2. The van der Waals surface area contributed by atoms with E-state index < -0.39 is 5.54 Å². The molecule has 106 valence electrons. The Hall–Kier alpha value is -2.21. The van der Waals surface area contributed by atoms with Gasteiger partial charge in [0.2, 0.25) is 18.2 Å². The van der Waals surface area contributed by atoms with Crippen molar-refractivity contribution in [1.29, 1.82) is 0 Å². The topological polar surface area (TPSA) is 80.0 Å². The molecule has 1 amide bonds.